The molecular weight excluding hydrogens is 449 g/mol. The summed E-state index contributed by atoms with van der Waals surface area (Å²) in [6, 6.07) is 4.36. The van der Waals surface area contributed by atoms with Gasteiger partial charge in [-0.1, -0.05) is 17.7 Å². The van der Waals surface area contributed by atoms with E-state index in [-0.39, 0.29) is 34.8 Å². The molecule has 0 bridgehead atoms. The molecule has 0 unspecified atom stereocenters. The van der Waals surface area contributed by atoms with Crippen LogP contribution < -0.4 is 5.56 Å². The summed E-state index contributed by atoms with van der Waals surface area (Å²) in [7, 11) is 0. The lowest BCUT2D eigenvalue weighted by Gasteiger charge is -2.36. The zero-order valence-corrected chi connectivity index (χ0v) is 18.7. The van der Waals surface area contributed by atoms with Crippen molar-refractivity contribution in [2.24, 2.45) is 0 Å². The number of carbonyl (C=O) groups is 2. The molecule has 2 amide bonds. The van der Waals surface area contributed by atoms with Crippen molar-refractivity contribution in [3.8, 4) is 5.75 Å². The van der Waals surface area contributed by atoms with Crippen molar-refractivity contribution >= 4 is 23.4 Å². The second kappa shape index (κ2) is 7.06. The fourth-order valence-electron chi connectivity index (χ4n) is 5.98. The van der Waals surface area contributed by atoms with Crippen LogP contribution in [0.2, 0.25) is 5.02 Å². The Morgan fingerprint density at radius 2 is 1.85 bits per heavy atom. The zero-order chi connectivity index (χ0) is 23.1. The first-order chi connectivity index (χ1) is 15.8. The van der Waals surface area contributed by atoms with E-state index >= 15 is 0 Å². The Labute approximate surface area is 194 Å². The molecule has 0 saturated heterocycles. The highest BCUT2D eigenvalue weighted by Crippen LogP contribution is 2.51. The summed E-state index contributed by atoms with van der Waals surface area (Å²) in [5.41, 5.74) is -0.0878. The molecule has 1 aromatic carbocycles. The number of aromatic nitrogens is 1. The van der Waals surface area contributed by atoms with E-state index in [1.165, 1.54) is 21.6 Å². The maximum atomic E-state index is 13.6. The van der Waals surface area contributed by atoms with Gasteiger partial charge in [0.15, 0.2) is 5.75 Å². The predicted molar refractivity (Wildman–Crippen MR) is 118 cm³/mol. The molecule has 2 aliphatic carbocycles. The highest BCUT2D eigenvalue weighted by Gasteiger charge is 2.58. The third-order valence-corrected chi connectivity index (χ3v) is 7.84. The number of hydrogen-bond acceptors (Lipinski definition) is 4. The number of carbonyl (C=O) groups excluding carboxylic acids is 2. The maximum absolute atomic E-state index is 13.6. The molecule has 2 saturated carbocycles. The molecule has 2 aliphatic heterocycles. The van der Waals surface area contributed by atoms with Gasteiger partial charge in [-0.2, -0.15) is 0 Å². The van der Waals surface area contributed by atoms with Crippen LogP contribution in [-0.4, -0.2) is 43.9 Å². The van der Waals surface area contributed by atoms with Crippen molar-refractivity contribution in [3.63, 3.8) is 0 Å². The average molecular weight is 472 g/mol. The molecule has 172 valence electrons. The van der Waals surface area contributed by atoms with Crippen molar-refractivity contribution in [1.82, 2.24) is 14.4 Å². The standard InChI is InChI=1S/C24H23ClFN3O4/c25-16-11-13(3-6-17(16)26)12-27-10-7-15-18(21(27)31)20(30)23(33)29-19(15)22(32)28(14-4-5-14)24(29)8-1-2-9-24/h3,6,11,14,30H,1-2,4-5,7-10,12H2. The number of pyridine rings is 1. The van der Waals surface area contributed by atoms with E-state index in [4.69, 9.17) is 11.6 Å². The molecule has 1 aromatic heterocycles. The molecule has 4 aliphatic rings. The maximum Gasteiger partial charge on any atom is 0.296 e. The van der Waals surface area contributed by atoms with E-state index in [1.807, 2.05) is 4.90 Å². The fraction of sp³-hybridized carbons (Fsp3) is 0.458. The monoisotopic (exact) mass is 471 g/mol. The topological polar surface area (TPSA) is 82.8 Å². The molecule has 6 rings (SSSR count). The van der Waals surface area contributed by atoms with E-state index < -0.39 is 28.7 Å². The molecular formula is C24H23ClFN3O4. The van der Waals surface area contributed by atoms with Gasteiger partial charge in [0.05, 0.1) is 10.6 Å². The summed E-state index contributed by atoms with van der Waals surface area (Å²) in [5, 5.41) is 10.9. The Kier molecular flexibility index (Phi) is 4.43. The molecule has 0 radical (unpaired) electrons. The first-order valence-corrected chi connectivity index (χ1v) is 11.8. The zero-order valence-electron chi connectivity index (χ0n) is 17.9. The Morgan fingerprint density at radius 3 is 2.52 bits per heavy atom. The summed E-state index contributed by atoms with van der Waals surface area (Å²) in [6.45, 7) is 0.470. The Bertz CT molecular complexity index is 1280. The Balaban J connectivity index is 1.45. The lowest BCUT2D eigenvalue weighted by Crippen LogP contribution is -2.49. The first kappa shape index (κ1) is 20.7. The molecule has 33 heavy (non-hydrogen) atoms. The second-order valence-corrected chi connectivity index (χ2v) is 9.92. The molecule has 2 aromatic rings. The number of benzene rings is 1. The lowest BCUT2D eigenvalue weighted by molar-refractivity contribution is 0.0338. The molecule has 9 heteroatoms. The predicted octanol–water partition coefficient (Wildman–Crippen LogP) is 3.39. The van der Waals surface area contributed by atoms with Gasteiger partial charge >= 0.3 is 0 Å². The summed E-state index contributed by atoms with van der Waals surface area (Å²) < 4.78 is 15.0. The number of rotatable bonds is 3. The van der Waals surface area contributed by atoms with Crippen LogP contribution in [0, 0.1) is 5.82 Å². The van der Waals surface area contributed by atoms with E-state index in [0.29, 0.717) is 36.9 Å². The van der Waals surface area contributed by atoms with Crippen LogP contribution in [0.4, 0.5) is 4.39 Å². The van der Waals surface area contributed by atoms with Gasteiger partial charge in [-0.3, -0.25) is 19.0 Å². The van der Waals surface area contributed by atoms with Crippen LogP contribution in [0.15, 0.2) is 23.0 Å². The Hall–Kier alpha value is -2.87. The van der Waals surface area contributed by atoms with Crippen LogP contribution in [0.25, 0.3) is 0 Å². The highest BCUT2D eigenvalue weighted by atomic mass is 35.5. The number of fused-ring (bicyclic) bond motifs is 4. The minimum absolute atomic E-state index is 0.0381. The largest absolute Gasteiger partial charge is 0.502 e. The van der Waals surface area contributed by atoms with Gasteiger partial charge < -0.3 is 14.9 Å². The summed E-state index contributed by atoms with van der Waals surface area (Å²) >= 11 is 5.87. The third-order valence-electron chi connectivity index (χ3n) is 7.55. The Morgan fingerprint density at radius 1 is 1.12 bits per heavy atom. The van der Waals surface area contributed by atoms with Gasteiger partial charge in [0.2, 0.25) is 0 Å². The van der Waals surface area contributed by atoms with E-state index in [1.54, 1.807) is 6.07 Å². The van der Waals surface area contributed by atoms with Gasteiger partial charge in [0.25, 0.3) is 17.4 Å². The smallest absolute Gasteiger partial charge is 0.296 e. The summed E-state index contributed by atoms with van der Waals surface area (Å²) in [4.78, 5) is 43.8. The molecule has 7 nitrogen and oxygen atoms in total. The van der Waals surface area contributed by atoms with E-state index in [2.05, 4.69) is 0 Å². The van der Waals surface area contributed by atoms with Gasteiger partial charge in [-0.25, -0.2) is 4.39 Å². The van der Waals surface area contributed by atoms with E-state index in [9.17, 15) is 23.9 Å². The van der Waals surface area contributed by atoms with Gasteiger partial charge in [-0.15, -0.1) is 0 Å². The van der Waals surface area contributed by atoms with Crippen molar-refractivity contribution in [2.45, 2.75) is 63.2 Å². The number of halogens is 2. The van der Waals surface area contributed by atoms with Gasteiger partial charge in [-0.05, 0) is 62.6 Å². The SMILES string of the molecule is O=C1c2c(c3n(c(=O)c2O)C2(CCCC2)N(C2CC2)C3=O)CCN1Cc1ccc(F)c(Cl)c1. The van der Waals surface area contributed by atoms with Crippen molar-refractivity contribution < 1.29 is 19.1 Å². The van der Waals surface area contributed by atoms with Crippen molar-refractivity contribution in [1.29, 1.82) is 0 Å². The lowest BCUT2D eigenvalue weighted by atomic mass is 9.95. The van der Waals surface area contributed by atoms with Gasteiger partial charge in [0.1, 0.15) is 17.2 Å². The van der Waals surface area contributed by atoms with Crippen LogP contribution in [0.3, 0.4) is 0 Å². The highest BCUT2D eigenvalue weighted by molar-refractivity contribution is 6.30. The van der Waals surface area contributed by atoms with Crippen LogP contribution >= 0.6 is 11.6 Å². The number of amides is 2. The van der Waals surface area contributed by atoms with Crippen LogP contribution in [-0.2, 0) is 18.6 Å². The van der Waals surface area contributed by atoms with E-state index in [0.717, 1.165) is 25.7 Å². The second-order valence-electron chi connectivity index (χ2n) is 9.51. The summed E-state index contributed by atoms with van der Waals surface area (Å²) in [6.07, 6.45) is 5.37. The number of nitrogens with zero attached hydrogens (tertiary/aromatic N) is 3. The fourth-order valence-corrected chi connectivity index (χ4v) is 6.18. The van der Waals surface area contributed by atoms with Crippen LogP contribution in [0.5, 0.6) is 5.75 Å². The molecule has 1 spiro atoms. The molecule has 1 N–H and O–H groups in total. The van der Waals surface area contributed by atoms with Crippen molar-refractivity contribution in [3.05, 3.63) is 61.8 Å². The third kappa shape index (κ3) is 2.82. The molecule has 2 fully saturated rings. The normalized spacial score (nSPS) is 21.2. The first-order valence-electron chi connectivity index (χ1n) is 11.4. The number of aromatic hydroxyl groups is 1. The summed E-state index contributed by atoms with van der Waals surface area (Å²) in [5.74, 6) is -1.83. The minimum atomic E-state index is -0.720. The van der Waals surface area contributed by atoms with Gasteiger partial charge in [0, 0.05) is 24.7 Å². The molecule has 0 atom stereocenters. The van der Waals surface area contributed by atoms with Crippen LogP contribution in [0.1, 0.15) is 70.5 Å². The molecule has 3 heterocycles. The number of hydrogen-bond donors (Lipinski definition) is 1. The average Bonchev–Trinajstić information content (AvgIpc) is 3.44. The van der Waals surface area contributed by atoms with Crippen molar-refractivity contribution in [2.75, 3.05) is 6.54 Å². The minimum Gasteiger partial charge on any atom is -0.502 e. The quantitative estimate of drug-likeness (QED) is 0.743.